The monoisotopic (exact) mass is 200 g/mol. The Balaban J connectivity index is 4.02. The summed E-state index contributed by atoms with van der Waals surface area (Å²) in [5, 5.41) is 2.15. The van der Waals surface area contributed by atoms with Crippen LogP contribution in [0.15, 0.2) is 0 Å². The van der Waals surface area contributed by atoms with E-state index in [0.717, 1.165) is 0 Å². The molecule has 1 unspecified atom stereocenters. The van der Waals surface area contributed by atoms with Crippen LogP contribution in [0.3, 0.4) is 0 Å². The number of carbonyl (C=O) groups is 2. The fourth-order valence-electron chi connectivity index (χ4n) is 0.658. The molecule has 0 aromatic rings. The van der Waals surface area contributed by atoms with Crippen molar-refractivity contribution in [2.75, 3.05) is 0 Å². The van der Waals surface area contributed by atoms with Gasteiger partial charge in [-0.2, -0.15) is 0 Å². The lowest BCUT2D eigenvalue weighted by Crippen LogP contribution is -2.38. The van der Waals surface area contributed by atoms with Crippen molar-refractivity contribution in [3.05, 3.63) is 6.92 Å². The summed E-state index contributed by atoms with van der Waals surface area (Å²) in [7, 11) is 0. The Labute approximate surface area is 85.0 Å². The van der Waals surface area contributed by atoms with Gasteiger partial charge < -0.3 is 4.74 Å². The third kappa shape index (κ3) is 5.56. The molecule has 0 aliphatic carbocycles. The summed E-state index contributed by atoms with van der Waals surface area (Å²) in [4.78, 5) is 22.3. The number of carbonyl (C=O) groups excluding carboxylic acids is 2. The molecule has 14 heavy (non-hydrogen) atoms. The number of hydrogen-bond donors (Lipinski definition) is 1. The molecular formula is C10H18NO3. The van der Waals surface area contributed by atoms with Crippen LogP contribution in [0.25, 0.3) is 0 Å². The zero-order chi connectivity index (χ0) is 11.4. The largest absolute Gasteiger partial charge is 0.444 e. The molecule has 81 valence electrons. The van der Waals surface area contributed by atoms with E-state index in [-0.39, 0.29) is 11.8 Å². The molecule has 4 heteroatoms. The summed E-state index contributed by atoms with van der Waals surface area (Å²) in [6.07, 6.45) is -0.253. The standard InChI is InChI=1S/C10H18NO3/c1-6-7(2)8(12)11-9(13)14-10(3,4)5/h7H,1,6H2,2-5H3,(H,11,12,13). The van der Waals surface area contributed by atoms with Crippen LogP contribution < -0.4 is 5.32 Å². The van der Waals surface area contributed by atoms with E-state index < -0.39 is 11.7 Å². The zero-order valence-corrected chi connectivity index (χ0v) is 9.22. The molecule has 0 saturated heterocycles. The van der Waals surface area contributed by atoms with Crippen molar-refractivity contribution in [3.8, 4) is 0 Å². The fourth-order valence-corrected chi connectivity index (χ4v) is 0.658. The minimum Gasteiger partial charge on any atom is -0.444 e. The Kier molecular flexibility index (Phi) is 4.60. The van der Waals surface area contributed by atoms with Gasteiger partial charge in [0.05, 0.1) is 0 Å². The lowest BCUT2D eigenvalue weighted by molar-refractivity contribution is -0.124. The third-order valence-corrected chi connectivity index (χ3v) is 1.50. The van der Waals surface area contributed by atoms with E-state index in [0.29, 0.717) is 6.42 Å². The molecule has 0 aliphatic rings. The second kappa shape index (κ2) is 4.98. The lowest BCUT2D eigenvalue weighted by Gasteiger charge is -2.19. The van der Waals surface area contributed by atoms with Gasteiger partial charge in [0.1, 0.15) is 5.60 Å². The van der Waals surface area contributed by atoms with Gasteiger partial charge in [-0.3, -0.25) is 10.1 Å². The molecule has 0 spiro atoms. The van der Waals surface area contributed by atoms with E-state index in [1.807, 2.05) is 0 Å². The average Bonchev–Trinajstić information content (AvgIpc) is 1.99. The molecular weight excluding hydrogens is 182 g/mol. The summed E-state index contributed by atoms with van der Waals surface area (Å²) < 4.78 is 4.91. The summed E-state index contributed by atoms with van der Waals surface area (Å²) in [6, 6.07) is 0. The van der Waals surface area contributed by atoms with Gasteiger partial charge in [-0.05, 0) is 27.2 Å². The second-order valence-electron chi connectivity index (χ2n) is 4.18. The molecule has 2 amide bonds. The topological polar surface area (TPSA) is 55.4 Å². The molecule has 1 N–H and O–H groups in total. The molecule has 4 nitrogen and oxygen atoms in total. The normalized spacial score (nSPS) is 13.2. The molecule has 0 rings (SSSR count). The van der Waals surface area contributed by atoms with Gasteiger partial charge >= 0.3 is 6.09 Å². The number of amides is 2. The Morgan fingerprint density at radius 3 is 2.29 bits per heavy atom. The maximum atomic E-state index is 11.2. The van der Waals surface area contributed by atoms with Crippen molar-refractivity contribution in [2.45, 2.75) is 39.7 Å². The quantitative estimate of drug-likeness (QED) is 0.740. The molecule has 0 aromatic heterocycles. The Bertz CT molecular complexity index is 218. The first-order chi connectivity index (χ1) is 6.26. The lowest BCUT2D eigenvalue weighted by atomic mass is 10.1. The maximum Gasteiger partial charge on any atom is 0.414 e. The molecule has 0 saturated carbocycles. The molecule has 1 atom stereocenters. The van der Waals surface area contributed by atoms with Crippen LogP contribution >= 0.6 is 0 Å². The van der Waals surface area contributed by atoms with Gasteiger partial charge in [-0.1, -0.05) is 13.8 Å². The Morgan fingerprint density at radius 1 is 1.43 bits per heavy atom. The highest BCUT2D eigenvalue weighted by molar-refractivity contribution is 5.93. The van der Waals surface area contributed by atoms with Crippen molar-refractivity contribution >= 4 is 12.0 Å². The van der Waals surface area contributed by atoms with Crippen LogP contribution in [-0.4, -0.2) is 17.6 Å². The highest BCUT2D eigenvalue weighted by Gasteiger charge is 2.19. The van der Waals surface area contributed by atoms with Crippen LogP contribution in [0.1, 0.15) is 34.1 Å². The number of nitrogens with one attached hydrogen (secondary N) is 1. The Hall–Kier alpha value is -1.06. The smallest absolute Gasteiger partial charge is 0.414 e. The number of alkyl carbamates (subject to hydrolysis) is 1. The van der Waals surface area contributed by atoms with Gasteiger partial charge in [-0.25, -0.2) is 4.79 Å². The molecule has 0 fully saturated rings. The first kappa shape index (κ1) is 12.9. The highest BCUT2D eigenvalue weighted by atomic mass is 16.6. The van der Waals surface area contributed by atoms with Crippen molar-refractivity contribution in [2.24, 2.45) is 5.92 Å². The van der Waals surface area contributed by atoms with E-state index in [1.165, 1.54) is 0 Å². The van der Waals surface area contributed by atoms with E-state index in [4.69, 9.17) is 4.74 Å². The average molecular weight is 200 g/mol. The molecule has 1 radical (unpaired) electrons. The summed E-state index contributed by atoms with van der Waals surface area (Å²) >= 11 is 0. The zero-order valence-electron chi connectivity index (χ0n) is 9.22. The number of imide groups is 1. The molecule has 0 aliphatic heterocycles. The van der Waals surface area contributed by atoms with Crippen molar-refractivity contribution in [3.63, 3.8) is 0 Å². The van der Waals surface area contributed by atoms with Crippen LogP contribution in [0.4, 0.5) is 4.79 Å². The van der Waals surface area contributed by atoms with E-state index in [9.17, 15) is 9.59 Å². The van der Waals surface area contributed by atoms with Gasteiger partial charge in [0.15, 0.2) is 0 Å². The van der Waals surface area contributed by atoms with Crippen molar-refractivity contribution < 1.29 is 14.3 Å². The predicted molar refractivity (Wildman–Crippen MR) is 53.5 cm³/mol. The minimum absolute atomic E-state index is 0.275. The van der Waals surface area contributed by atoms with Gasteiger partial charge in [-0.15, -0.1) is 0 Å². The Morgan fingerprint density at radius 2 is 1.93 bits per heavy atom. The van der Waals surface area contributed by atoms with E-state index in [2.05, 4.69) is 12.2 Å². The van der Waals surface area contributed by atoms with E-state index >= 15 is 0 Å². The molecule has 0 heterocycles. The summed E-state index contributed by atoms with van der Waals surface area (Å²) in [5.41, 5.74) is -0.585. The first-order valence-electron chi connectivity index (χ1n) is 4.59. The summed E-state index contributed by atoms with van der Waals surface area (Å²) in [6.45, 7) is 10.5. The van der Waals surface area contributed by atoms with Crippen LogP contribution in [0.2, 0.25) is 0 Å². The van der Waals surface area contributed by atoms with Gasteiger partial charge in [0.25, 0.3) is 0 Å². The third-order valence-electron chi connectivity index (χ3n) is 1.50. The minimum atomic E-state index is -0.706. The number of rotatable bonds is 2. The fraction of sp³-hybridized carbons (Fsp3) is 0.700. The van der Waals surface area contributed by atoms with Crippen LogP contribution in [0.5, 0.6) is 0 Å². The second-order valence-corrected chi connectivity index (χ2v) is 4.18. The highest BCUT2D eigenvalue weighted by Crippen LogP contribution is 2.07. The van der Waals surface area contributed by atoms with Gasteiger partial charge in [0, 0.05) is 5.92 Å². The SMILES string of the molecule is [CH2]CC(C)C(=O)NC(=O)OC(C)(C)C. The number of hydrogen-bond acceptors (Lipinski definition) is 3. The molecule has 0 bridgehead atoms. The molecule has 0 aromatic carbocycles. The van der Waals surface area contributed by atoms with Crippen molar-refractivity contribution in [1.82, 2.24) is 5.32 Å². The van der Waals surface area contributed by atoms with Crippen LogP contribution in [0, 0.1) is 12.8 Å². The number of ether oxygens (including phenoxy) is 1. The van der Waals surface area contributed by atoms with Crippen molar-refractivity contribution in [1.29, 1.82) is 0 Å². The first-order valence-corrected chi connectivity index (χ1v) is 4.59. The maximum absolute atomic E-state index is 11.2. The van der Waals surface area contributed by atoms with E-state index in [1.54, 1.807) is 27.7 Å². The summed E-state index contributed by atoms with van der Waals surface area (Å²) in [5.74, 6) is -0.628. The van der Waals surface area contributed by atoms with Gasteiger partial charge in [0.2, 0.25) is 5.91 Å². The predicted octanol–water partition coefficient (Wildman–Crippen LogP) is 1.90. The van der Waals surface area contributed by atoms with Crippen LogP contribution in [-0.2, 0) is 9.53 Å².